The molecule has 0 saturated carbocycles. The molecule has 0 atom stereocenters. The van der Waals surface area contributed by atoms with Gasteiger partial charge in [0.1, 0.15) is 11.1 Å². The van der Waals surface area contributed by atoms with E-state index in [-0.39, 0.29) is 10.5 Å². The molecule has 0 radical (unpaired) electrons. The second-order valence-electron chi connectivity index (χ2n) is 7.23. The zero-order valence-electron chi connectivity index (χ0n) is 17.4. The van der Waals surface area contributed by atoms with E-state index in [1.807, 2.05) is 24.3 Å². The fourth-order valence-corrected chi connectivity index (χ4v) is 5.80. The highest BCUT2D eigenvalue weighted by atomic mass is 32.2. The molecule has 0 aliphatic carbocycles. The molecule has 1 amide bonds. The van der Waals surface area contributed by atoms with Gasteiger partial charge in [-0.2, -0.15) is 5.26 Å². The van der Waals surface area contributed by atoms with E-state index in [0.717, 1.165) is 18.4 Å². The van der Waals surface area contributed by atoms with Gasteiger partial charge in [0.2, 0.25) is 0 Å². The summed E-state index contributed by atoms with van der Waals surface area (Å²) in [4.78, 5) is 24.4. The van der Waals surface area contributed by atoms with Crippen LogP contribution in [0.1, 0.15) is 27.9 Å². The van der Waals surface area contributed by atoms with Crippen LogP contribution in [-0.4, -0.2) is 33.4 Å². The average molecular weight is 482 g/mol. The Balaban J connectivity index is 1.41. The van der Waals surface area contributed by atoms with Gasteiger partial charge in [-0.25, -0.2) is 13.2 Å². The minimum atomic E-state index is -3.79. The summed E-state index contributed by atoms with van der Waals surface area (Å²) in [6.07, 6.45) is 1.55. The molecule has 33 heavy (non-hydrogen) atoms. The number of carbonyl (C=O) groups is 2. The number of amides is 1. The first kappa shape index (κ1) is 22.5. The molecule has 0 saturated heterocycles. The molecule has 2 heterocycles. The van der Waals surface area contributed by atoms with Crippen LogP contribution in [0.3, 0.4) is 0 Å². The van der Waals surface area contributed by atoms with Crippen molar-refractivity contribution < 1.29 is 22.7 Å². The third-order valence-electron chi connectivity index (χ3n) is 5.12. The summed E-state index contributed by atoms with van der Waals surface area (Å²) in [6.45, 7) is -0.151. The number of nitrogens with zero attached hydrogens (tertiary/aromatic N) is 2. The average Bonchev–Trinajstić information content (AvgIpc) is 3.29. The van der Waals surface area contributed by atoms with E-state index in [1.54, 1.807) is 17.5 Å². The van der Waals surface area contributed by atoms with Crippen molar-refractivity contribution in [3.63, 3.8) is 0 Å². The second-order valence-corrected chi connectivity index (χ2v) is 10.0. The highest BCUT2D eigenvalue weighted by molar-refractivity contribution is 7.92. The number of nitriles is 1. The summed E-state index contributed by atoms with van der Waals surface area (Å²) >= 11 is 1.19. The summed E-state index contributed by atoms with van der Waals surface area (Å²) in [7, 11) is -3.79. The maximum Gasteiger partial charge on any atom is 0.338 e. The zero-order valence-corrected chi connectivity index (χ0v) is 19.0. The lowest BCUT2D eigenvalue weighted by Gasteiger charge is -2.30. The molecule has 0 bridgehead atoms. The normalized spacial score (nSPS) is 13.0. The second kappa shape index (κ2) is 9.44. The smallest absolute Gasteiger partial charge is 0.338 e. The van der Waals surface area contributed by atoms with Crippen molar-refractivity contribution in [2.75, 3.05) is 22.8 Å². The van der Waals surface area contributed by atoms with Crippen molar-refractivity contribution in [3.05, 3.63) is 76.7 Å². The summed E-state index contributed by atoms with van der Waals surface area (Å²) in [5.74, 6) is -1.34. The number of rotatable bonds is 6. The lowest BCUT2D eigenvalue weighted by atomic mass is 10.0. The number of para-hydroxylation sites is 1. The summed E-state index contributed by atoms with van der Waals surface area (Å²) in [5.41, 5.74) is 2.10. The van der Waals surface area contributed by atoms with Crippen LogP contribution in [0.15, 0.2) is 64.9 Å². The number of hydrogen-bond donors (Lipinski definition) is 1. The Morgan fingerprint density at radius 3 is 2.64 bits per heavy atom. The van der Waals surface area contributed by atoms with Gasteiger partial charge in [-0.05, 0) is 60.2 Å². The van der Waals surface area contributed by atoms with Gasteiger partial charge >= 0.3 is 5.97 Å². The van der Waals surface area contributed by atoms with E-state index in [2.05, 4.69) is 5.32 Å². The van der Waals surface area contributed by atoms with Gasteiger partial charge in [0.15, 0.2) is 6.61 Å². The first-order valence-corrected chi connectivity index (χ1v) is 12.4. The van der Waals surface area contributed by atoms with Crippen LogP contribution in [0, 0.1) is 11.3 Å². The van der Waals surface area contributed by atoms with Gasteiger partial charge in [-0.1, -0.05) is 18.2 Å². The van der Waals surface area contributed by atoms with Crippen LogP contribution in [0.2, 0.25) is 0 Å². The van der Waals surface area contributed by atoms with Crippen molar-refractivity contribution in [3.8, 4) is 6.07 Å². The van der Waals surface area contributed by atoms with Crippen LogP contribution in [-0.2, 0) is 26.0 Å². The molecule has 168 valence electrons. The Labute approximate surface area is 195 Å². The molecular weight excluding hydrogens is 462 g/mol. The van der Waals surface area contributed by atoms with Gasteiger partial charge in [0.25, 0.3) is 15.9 Å². The van der Waals surface area contributed by atoms with Crippen LogP contribution in [0.5, 0.6) is 0 Å². The topological polar surface area (TPSA) is 117 Å². The lowest BCUT2D eigenvalue weighted by Crippen LogP contribution is -2.35. The molecule has 1 N–H and O–H groups in total. The van der Waals surface area contributed by atoms with Crippen LogP contribution >= 0.6 is 11.3 Å². The maximum absolute atomic E-state index is 13.2. The third kappa shape index (κ3) is 4.74. The standard InChI is InChI=1S/C23H19N3O5S2/c24-14-18-11-13-32-22(18)25-21(27)15-31-23(28)17-7-9-19(10-8-17)33(29,30)26-12-3-5-16-4-1-2-6-20(16)26/h1-2,4,6-11,13H,3,5,12,15H2,(H,25,27). The molecule has 2 aromatic carbocycles. The van der Waals surface area contributed by atoms with E-state index in [9.17, 15) is 18.0 Å². The van der Waals surface area contributed by atoms with E-state index in [4.69, 9.17) is 10.00 Å². The largest absolute Gasteiger partial charge is 0.452 e. The van der Waals surface area contributed by atoms with Crippen molar-refractivity contribution in [1.29, 1.82) is 5.26 Å². The highest BCUT2D eigenvalue weighted by Crippen LogP contribution is 2.31. The van der Waals surface area contributed by atoms with Gasteiger partial charge in [0, 0.05) is 6.54 Å². The number of nitrogens with one attached hydrogen (secondary N) is 1. The minimum absolute atomic E-state index is 0.0650. The number of hydrogen-bond acceptors (Lipinski definition) is 7. The summed E-state index contributed by atoms with van der Waals surface area (Å²) in [6, 6.07) is 16.4. The Morgan fingerprint density at radius 2 is 1.88 bits per heavy atom. The Morgan fingerprint density at radius 1 is 1.12 bits per heavy atom. The Kier molecular flexibility index (Phi) is 6.44. The van der Waals surface area contributed by atoms with E-state index in [1.165, 1.54) is 39.9 Å². The van der Waals surface area contributed by atoms with Crippen LogP contribution in [0.25, 0.3) is 0 Å². The quantitative estimate of drug-likeness (QED) is 0.538. The van der Waals surface area contributed by atoms with Crippen molar-refractivity contribution in [2.24, 2.45) is 0 Å². The predicted molar refractivity (Wildman–Crippen MR) is 124 cm³/mol. The number of anilines is 2. The number of thiophene rings is 1. The molecule has 0 fully saturated rings. The number of carbonyl (C=O) groups excluding carboxylic acids is 2. The summed E-state index contributed by atoms with van der Waals surface area (Å²) in [5, 5.41) is 13.5. The number of aryl methyl sites for hydroxylation is 1. The lowest BCUT2D eigenvalue weighted by molar-refractivity contribution is -0.119. The van der Waals surface area contributed by atoms with Crippen molar-refractivity contribution >= 4 is 43.9 Å². The third-order valence-corrected chi connectivity index (χ3v) is 7.78. The highest BCUT2D eigenvalue weighted by Gasteiger charge is 2.29. The fourth-order valence-electron chi connectivity index (χ4n) is 3.51. The Bertz CT molecular complexity index is 1340. The first-order chi connectivity index (χ1) is 15.9. The molecule has 4 rings (SSSR count). The minimum Gasteiger partial charge on any atom is -0.452 e. The number of esters is 1. The van der Waals surface area contributed by atoms with E-state index < -0.39 is 28.5 Å². The fraction of sp³-hybridized carbons (Fsp3) is 0.174. The molecular formula is C23H19N3O5S2. The number of ether oxygens (including phenoxy) is 1. The van der Waals surface area contributed by atoms with E-state index in [0.29, 0.717) is 22.8 Å². The molecule has 0 spiro atoms. The zero-order chi connectivity index (χ0) is 23.4. The monoisotopic (exact) mass is 481 g/mol. The molecule has 0 unspecified atom stereocenters. The predicted octanol–water partition coefficient (Wildman–Crippen LogP) is 3.56. The van der Waals surface area contributed by atoms with Crippen LogP contribution in [0.4, 0.5) is 10.7 Å². The molecule has 1 aliphatic heterocycles. The van der Waals surface area contributed by atoms with Crippen molar-refractivity contribution in [2.45, 2.75) is 17.7 Å². The molecule has 10 heteroatoms. The van der Waals surface area contributed by atoms with E-state index >= 15 is 0 Å². The molecule has 1 aliphatic rings. The molecule has 1 aromatic heterocycles. The van der Waals surface area contributed by atoms with Gasteiger partial charge in [-0.3, -0.25) is 9.10 Å². The van der Waals surface area contributed by atoms with Gasteiger partial charge < -0.3 is 10.1 Å². The van der Waals surface area contributed by atoms with Gasteiger partial charge in [0.05, 0.1) is 21.7 Å². The van der Waals surface area contributed by atoms with Gasteiger partial charge in [-0.15, -0.1) is 11.3 Å². The Hall–Kier alpha value is -3.68. The molecule has 8 nitrogen and oxygen atoms in total. The molecule has 3 aromatic rings. The SMILES string of the molecule is N#Cc1ccsc1NC(=O)COC(=O)c1ccc(S(=O)(=O)N2CCCc3ccccc32)cc1. The number of sulfonamides is 1. The maximum atomic E-state index is 13.2. The number of benzene rings is 2. The van der Waals surface area contributed by atoms with Crippen LogP contribution < -0.4 is 9.62 Å². The first-order valence-electron chi connectivity index (χ1n) is 10.1. The van der Waals surface area contributed by atoms with Crippen molar-refractivity contribution in [1.82, 2.24) is 0 Å². The number of fused-ring (bicyclic) bond motifs is 1. The summed E-state index contributed by atoms with van der Waals surface area (Å²) < 4.78 is 32.8.